The van der Waals surface area contributed by atoms with Crippen LogP contribution >= 0.6 is 0 Å². The van der Waals surface area contributed by atoms with Gasteiger partial charge in [-0.05, 0) is 50.4 Å². The molecule has 1 aromatic rings. The second-order valence-corrected chi connectivity index (χ2v) is 4.52. The Bertz CT molecular complexity index is 371. The lowest BCUT2D eigenvalue weighted by atomic mass is 10.0. The molecule has 0 aliphatic rings. The number of rotatable bonds is 9. The molecular formula is C15H23F2NO. The molecule has 1 atom stereocenters. The predicted molar refractivity (Wildman–Crippen MR) is 73.1 cm³/mol. The van der Waals surface area contributed by atoms with E-state index in [-0.39, 0.29) is 6.04 Å². The fraction of sp³-hybridized carbons (Fsp3) is 0.600. The van der Waals surface area contributed by atoms with Crippen molar-refractivity contribution in [3.05, 3.63) is 35.4 Å². The van der Waals surface area contributed by atoms with Crippen LogP contribution in [0.25, 0.3) is 0 Å². The van der Waals surface area contributed by atoms with Crippen molar-refractivity contribution in [1.29, 1.82) is 0 Å². The van der Waals surface area contributed by atoms with Crippen LogP contribution in [0.15, 0.2) is 18.2 Å². The molecule has 0 heterocycles. The van der Waals surface area contributed by atoms with Crippen molar-refractivity contribution in [2.24, 2.45) is 0 Å². The molecule has 1 unspecified atom stereocenters. The van der Waals surface area contributed by atoms with Crippen molar-refractivity contribution in [2.75, 3.05) is 19.8 Å². The largest absolute Gasteiger partial charge is 0.382 e. The SMILES string of the molecule is CCCNC(CCCOCC)c1ccc(F)c(F)c1. The van der Waals surface area contributed by atoms with E-state index in [0.29, 0.717) is 13.2 Å². The molecule has 0 saturated carbocycles. The van der Waals surface area contributed by atoms with E-state index in [1.165, 1.54) is 12.1 Å². The zero-order valence-corrected chi connectivity index (χ0v) is 11.7. The van der Waals surface area contributed by atoms with Gasteiger partial charge >= 0.3 is 0 Å². The highest BCUT2D eigenvalue weighted by atomic mass is 19.2. The summed E-state index contributed by atoms with van der Waals surface area (Å²) in [5.74, 6) is -1.59. The van der Waals surface area contributed by atoms with Crippen LogP contribution in [-0.4, -0.2) is 19.8 Å². The van der Waals surface area contributed by atoms with Crippen molar-refractivity contribution in [1.82, 2.24) is 5.32 Å². The highest BCUT2D eigenvalue weighted by Crippen LogP contribution is 2.20. The summed E-state index contributed by atoms with van der Waals surface area (Å²) in [4.78, 5) is 0. The fourth-order valence-electron chi connectivity index (χ4n) is 1.97. The van der Waals surface area contributed by atoms with E-state index in [9.17, 15) is 8.78 Å². The summed E-state index contributed by atoms with van der Waals surface area (Å²) >= 11 is 0. The summed E-state index contributed by atoms with van der Waals surface area (Å²) in [5.41, 5.74) is 0.795. The van der Waals surface area contributed by atoms with Crippen LogP contribution in [0, 0.1) is 11.6 Å². The summed E-state index contributed by atoms with van der Waals surface area (Å²) in [5, 5.41) is 3.36. The van der Waals surface area contributed by atoms with Crippen molar-refractivity contribution >= 4 is 0 Å². The Balaban J connectivity index is 2.63. The van der Waals surface area contributed by atoms with E-state index in [2.05, 4.69) is 12.2 Å². The first kappa shape index (κ1) is 16.1. The third kappa shape index (κ3) is 5.66. The molecule has 0 aliphatic heterocycles. The van der Waals surface area contributed by atoms with E-state index < -0.39 is 11.6 Å². The monoisotopic (exact) mass is 271 g/mol. The maximum absolute atomic E-state index is 13.3. The molecule has 19 heavy (non-hydrogen) atoms. The fourth-order valence-corrected chi connectivity index (χ4v) is 1.97. The van der Waals surface area contributed by atoms with Crippen LogP contribution in [0.3, 0.4) is 0 Å². The van der Waals surface area contributed by atoms with Crippen LogP contribution in [-0.2, 0) is 4.74 Å². The number of hydrogen-bond acceptors (Lipinski definition) is 2. The minimum Gasteiger partial charge on any atom is -0.382 e. The summed E-state index contributed by atoms with van der Waals surface area (Å²) < 4.78 is 31.5. The zero-order valence-electron chi connectivity index (χ0n) is 11.7. The van der Waals surface area contributed by atoms with Crippen LogP contribution < -0.4 is 5.32 Å². The molecular weight excluding hydrogens is 248 g/mol. The smallest absolute Gasteiger partial charge is 0.159 e. The lowest BCUT2D eigenvalue weighted by Gasteiger charge is -2.19. The molecule has 1 N–H and O–H groups in total. The molecule has 0 fully saturated rings. The summed E-state index contributed by atoms with van der Waals surface area (Å²) in [7, 11) is 0. The molecule has 1 rings (SSSR count). The van der Waals surface area contributed by atoms with Gasteiger partial charge in [0.25, 0.3) is 0 Å². The maximum Gasteiger partial charge on any atom is 0.159 e. The molecule has 0 radical (unpaired) electrons. The van der Waals surface area contributed by atoms with Gasteiger partial charge in [-0.3, -0.25) is 0 Å². The van der Waals surface area contributed by atoms with Crippen LogP contribution in [0.5, 0.6) is 0 Å². The molecule has 0 amide bonds. The Kier molecular flexibility index (Phi) is 7.60. The van der Waals surface area contributed by atoms with Gasteiger partial charge in [-0.15, -0.1) is 0 Å². The molecule has 0 saturated heterocycles. The van der Waals surface area contributed by atoms with E-state index in [1.807, 2.05) is 6.92 Å². The second kappa shape index (κ2) is 8.99. The maximum atomic E-state index is 13.3. The molecule has 1 aromatic carbocycles. The Hall–Kier alpha value is -1.00. The highest BCUT2D eigenvalue weighted by Gasteiger charge is 2.12. The van der Waals surface area contributed by atoms with E-state index >= 15 is 0 Å². The van der Waals surface area contributed by atoms with E-state index in [0.717, 1.165) is 31.4 Å². The van der Waals surface area contributed by atoms with Crippen molar-refractivity contribution in [3.63, 3.8) is 0 Å². The number of halogens is 2. The summed E-state index contributed by atoms with van der Waals surface area (Å²) in [6, 6.07) is 4.17. The van der Waals surface area contributed by atoms with Crippen LogP contribution in [0.2, 0.25) is 0 Å². The Labute approximate surface area is 114 Å². The molecule has 4 heteroatoms. The number of benzene rings is 1. The average Bonchev–Trinajstić information content (AvgIpc) is 2.41. The minimum absolute atomic E-state index is 0.0514. The number of ether oxygens (including phenoxy) is 1. The van der Waals surface area contributed by atoms with Gasteiger partial charge < -0.3 is 10.1 Å². The molecule has 0 aliphatic carbocycles. The van der Waals surface area contributed by atoms with Gasteiger partial charge in [-0.1, -0.05) is 13.0 Å². The Morgan fingerprint density at radius 2 is 2.00 bits per heavy atom. The van der Waals surface area contributed by atoms with Gasteiger partial charge in [-0.25, -0.2) is 8.78 Å². The number of nitrogens with one attached hydrogen (secondary N) is 1. The van der Waals surface area contributed by atoms with Crippen molar-refractivity contribution in [2.45, 2.75) is 39.2 Å². The van der Waals surface area contributed by atoms with Crippen molar-refractivity contribution < 1.29 is 13.5 Å². The standard InChI is InChI=1S/C15H23F2NO/c1-3-9-18-15(6-5-10-19-4-2)12-7-8-13(16)14(17)11-12/h7-8,11,15,18H,3-6,9-10H2,1-2H3. The molecule has 0 aromatic heterocycles. The van der Waals surface area contributed by atoms with E-state index in [4.69, 9.17) is 4.74 Å². The van der Waals surface area contributed by atoms with Crippen LogP contribution in [0.1, 0.15) is 44.7 Å². The average molecular weight is 271 g/mol. The van der Waals surface area contributed by atoms with Crippen molar-refractivity contribution in [3.8, 4) is 0 Å². The van der Waals surface area contributed by atoms with Gasteiger partial charge in [0, 0.05) is 19.3 Å². The second-order valence-electron chi connectivity index (χ2n) is 4.52. The summed E-state index contributed by atoms with van der Waals surface area (Å²) in [6.45, 7) is 6.30. The van der Waals surface area contributed by atoms with Gasteiger partial charge in [0.05, 0.1) is 0 Å². The minimum atomic E-state index is -0.799. The van der Waals surface area contributed by atoms with Crippen LogP contribution in [0.4, 0.5) is 8.78 Å². The number of hydrogen-bond donors (Lipinski definition) is 1. The third-order valence-electron chi connectivity index (χ3n) is 2.97. The Morgan fingerprint density at radius 3 is 2.63 bits per heavy atom. The molecule has 0 bridgehead atoms. The first-order valence-electron chi connectivity index (χ1n) is 6.95. The molecule has 108 valence electrons. The highest BCUT2D eigenvalue weighted by molar-refractivity contribution is 5.21. The van der Waals surface area contributed by atoms with Gasteiger partial charge in [0.1, 0.15) is 0 Å². The third-order valence-corrected chi connectivity index (χ3v) is 2.97. The molecule has 0 spiro atoms. The van der Waals surface area contributed by atoms with Gasteiger partial charge in [0.15, 0.2) is 11.6 Å². The van der Waals surface area contributed by atoms with Gasteiger partial charge in [-0.2, -0.15) is 0 Å². The Morgan fingerprint density at radius 1 is 1.21 bits per heavy atom. The topological polar surface area (TPSA) is 21.3 Å². The van der Waals surface area contributed by atoms with E-state index in [1.54, 1.807) is 6.07 Å². The predicted octanol–water partition coefficient (Wildman–Crippen LogP) is 3.82. The first-order valence-corrected chi connectivity index (χ1v) is 6.95. The zero-order chi connectivity index (χ0) is 14.1. The van der Waals surface area contributed by atoms with Gasteiger partial charge in [0.2, 0.25) is 0 Å². The first-order chi connectivity index (χ1) is 9.19. The lowest BCUT2D eigenvalue weighted by Crippen LogP contribution is -2.22. The summed E-state index contributed by atoms with van der Waals surface area (Å²) in [6.07, 6.45) is 2.75. The molecule has 2 nitrogen and oxygen atoms in total. The normalized spacial score (nSPS) is 12.6. The lowest BCUT2D eigenvalue weighted by molar-refractivity contribution is 0.141. The quantitative estimate of drug-likeness (QED) is 0.689.